The summed E-state index contributed by atoms with van der Waals surface area (Å²) in [6.07, 6.45) is -2.28. The second-order valence-electron chi connectivity index (χ2n) is 6.52. The average molecular weight is 396 g/mol. The molecule has 0 atom stereocenters. The van der Waals surface area contributed by atoms with Gasteiger partial charge >= 0.3 is 6.18 Å². The van der Waals surface area contributed by atoms with E-state index < -0.39 is 17.3 Å². The van der Waals surface area contributed by atoms with Crippen LogP contribution in [0.4, 0.5) is 13.2 Å². The molecule has 0 fully saturated rings. The summed E-state index contributed by atoms with van der Waals surface area (Å²) in [5, 5.41) is 8.04. The Morgan fingerprint density at radius 2 is 1.62 bits per heavy atom. The molecule has 0 spiro atoms. The standard InChI is InChI=1S/C21H15F3N4O/c1-28-12-26-27-19(28)17-8-3-2-7-16(17)13-5-4-6-14(9-13)18-10-15(21(22,23)24)11-25-20(18)29/h2-12H,1H3,(H,25,29). The molecule has 146 valence electrons. The smallest absolute Gasteiger partial charge is 0.328 e. The van der Waals surface area contributed by atoms with Crippen molar-refractivity contribution in [2.24, 2.45) is 7.05 Å². The lowest BCUT2D eigenvalue weighted by atomic mass is 9.95. The number of aryl methyl sites for hydroxylation is 1. The van der Waals surface area contributed by atoms with Crippen LogP contribution in [0.3, 0.4) is 0 Å². The van der Waals surface area contributed by atoms with E-state index in [0.29, 0.717) is 17.6 Å². The Kier molecular flexibility index (Phi) is 4.54. The molecule has 29 heavy (non-hydrogen) atoms. The van der Waals surface area contributed by atoms with Crippen molar-refractivity contribution in [1.82, 2.24) is 19.7 Å². The normalized spacial score (nSPS) is 11.6. The Morgan fingerprint density at radius 1 is 0.931 bits per heavy atom. The number of halogens is 3. The van der Waals surface area contributed by atoms with Gasteiger partial charge in [0, 0.05) is 24.4 Å². The number of rotatable bonds is 3. The number of pyridine rings is 1. The maximum atomic E-state index is 13.1. The van der Waals surface area contributed by atoms with Gasteiger partial charge in [0.2, 0.25) is 0 Å². The van der Waals surface area contributed by atoms with Gasteiger partial charge in [-0.25, -0.2) is 0 Å². The quantitative estimate of drug-likeness (QED) is 0.554. The zero-order valence-electron chi connectivity index (χ0n) is 15.2. The lowest BCUT2D eigenvalue weighted by molar-refractivity contribution is -0.137. The van der Waals surface area contributed by atoms with Crippen LogP contribution in [0.5, 0.6) is 0 Å². The van der Waals surface area contributed by atoms with E-state index in [4.69, 9.17) is 0 Å². The van der Waals surface area contributed by atoms with Gasteiger partial charge in [-0.3, -0.25) is 4.79 Å². The van der Waals surface area contributed by atoms with Crippen molar-refractivity contribution in [3.05, 3.63) is 83.0 Å². The molecule has 2 aromatic carbocycles. The number of alkyl halides is 3. The third-order valence-electron chi connectivity index (χ3n) is 4.59. The van der Waals surface area contributed by atoms with E-state index in [1.165, 1.54) is 0 Å². The van der Waals surface area contributed by atoms with E-state index in [1.54, 1.807) is 29.1 Å². The van der Waals surface area contributed by atoms with E-state index in [-0.39, 0.29) is 5.56 Å². The van der Waals surface area contributed by atoms with Gasteiger partial charge in [0.05, 0.1) is 5.56 Å². The van der Waals surface area contributed by atoms with Crippen LogP contribution in [0.15, 0.2) is 71.9 Å². The molecular weight excluding hydrogens is 381 g/mol. The summed E-state index contributed by atoms with van der Waals surface area (Å²) in [7, 11) is 1.82. The van der Waals surface area contributed by atoms with Crippen LogP contribution in [0.2, 0.25) is 0 Å². The van der Waals surface area contributed by atoms with Crippen LogP contribution >= 0.6 is 0 Å². The second-order valence-corrected chi connectivity index (χ2v) is 6.52. The van der Waals surface area contributed by atoms with Gasteiger partial charge in [0.1, 0.15) is 6.33 Å². The van der Waals surface area contributed by atoms with Crippen molar-refractivity contribution in [3.63, 3.8) is 0 Å². The first-order valence-corrected chi connectivity index (χ1v) is 8.69. The van der Waals surface area contributed by atoms with Crippen molar-refractivity contribution in [1.29, 1.82) is 0 Å². The molecule has 0 saturated heterocycles. The van der Waals surface area contributed by atoms with Crippen molar-refractivity contribution in [2.75, 3.05) is 0 Å². The molecule has 0 amide bonds. The van der Waals surface area contributed by atoms with Crippen molar-refractivity contribution >= 4 is 0 Å². The summed E-state index contributed by atoms with van der Waals surface area (Å²) in [6.45, 7) is 0. The Hall–Kier alpha value is -3.68. The Bertz CT molecular complexity index is 1240. The third kappa shape index (κ3) is 3.56. The molecule has 1 N–H and O–H groups in total. The lowest BCUT2D eigenvalue weighted by Crippen LogP contribution is -2.14. The van der Waals surface area contributed by atoms with Crippen LogP contribution in [-0.2, 0) is 13.2 Å². The summed E-state index contributed by atoms with van der Waals surface area (Å²) in [5.41, 5.74) is 1.25. The molecule has 0 aliphatic carbocycles. The fourth-order valence-electron chi connectivity index (χ4n) is 3.17. The largest absolute Gasteiger partial charge is 0.417 e. The summed E-state index contributed by atoms with van der Waals surface area (Å²) >= 11 is 0. The topological polar surface area (TPSA) is 63.6 Å². The predicted molar refractivity (Wildman–Crippen MR) is 103 cm³/mol. The number of benzene rings is 2. The van der Waals surface area contributed by atoms with Crippen LogP contribution in [0.1, 0.15) is 5.56 Å². The molecule has 0 radical (unpaired) electrons. The number of aromatic amines is 1. The Labute approximate surface area is 163 Å². The van der Waals surface area contributed by atoms with Crippen molar-refractivity contribution in [3.8, 4) is 33.6 Å². The molecular formula is C21H15F3N4O. The second kappa shape index (κ2) is 7.05. The molecule has 5 nitrogen and oxygen atoms in total. The maximum Gasteiger partial charge on any atom is 0.417 e. The summed E-state index contributed by atoms with van der Waals surface area (Å²) in [6, 6.07) is 15.2. The Morgan fingerprint density at radius 3 is 2.28 bits per heavy atom. The third-order valence-corrected chi connectivity index (χ3v) is 4.59. The fourth-order valence-corrected chi connectivity index (χ4v) is 3.17. The number of H-pyrrole nitrogens is 1. The highest BCUT2D eigenvalue weighted by molar-refractivity contribution is 5.83. The first-order chi connectivity index (χ1) is 13.8. The molecule has 8 heteroatoms. The summed E-state index contributed by atoms with van der Waals surface area (Å²) in [5.74, 6) is 0.655. The minimum absolute atomic E-state index is 0.0437. The van der Waals surface area contributed by atoms with Crippen molar-refractivity contribution in [2.45, 2.75) is 6.18 Å². The van der Waals surface area contributed by atoms with E-state index in [2.05, 4.69) is 15.2 Å². The van der Waals surface area contributed by atoms with E-state index >= 15 is 0 Å². The molecule has 2 aromatic heterocycles. The molecule has 0 aliphatic heterocycles. The first kappa shape index (κ1) is 18.7. The predicted octanol–water partition coefficient (Wildman–Crippen LogP) is 4.52. The maximum absolute atomic E-state index is 13.1. The highest BCUT2D eigenvalue weighted by Crippen LogP contribution is 2.34. The SMILES string of the molecule is Cn1cnnc1-c1ccccc1-c1cccc(-c2cc(C(F)(F)F)c[nH]c2=O)c1. The highest BCUT2D eigenvalue weighted by Gasteiger charge is 2.31. The minimum Gasteiger partial charge on any atom is -0.328 e. The fraction of sp³-hybridized carbons (Fsp3) is 0.0952. The average Bonchev–Trinajstić information content (AvgIpc) is 3.13. The molecule has 0 bridgehead atoms. The number of nitrogens with one attached hydrogen (secondary N) is 1. The molecule has 0 saturated carbocycles. The van der Waals surface area contributed by atoms with Crippen LogP contribution in [0.25, 0.3) is 33.6 Å². The number of aromatic nitrogens is 4. The number of hydrogen-bond acceptors (Lipinski definition) is 3. The van der Waals surface area contributed by atoms with Gasteiger partial charge < -0.3 is 9.55 Å². The molecule has 4 rings (SSSR count). The number of hydrogen-bond donors (Lipinski definition) is 1. The van der Waals surface area contributed by atoms with Crippen molar-refractivity contribution < 1.29 is 13.2 Å². The van der Waals surface area contributed by atoms with E-state index in [9.17, 15) is 18.0 Å². The summed E-state index contributed by atoms with van der Waals surface area (Å²) < 4.78 is 41.0. The lowest BCUT2D eigenvalue weighted by Gasteiger charge is -2.12. The number of nitrogens with zero attached hydrogens (tertiary/aromatic N) is 3. The highest BCUT2D eigenvalue weighted by atomic mass is 19.4. The van der Waals surface area contributed by atoms with Gasteiger partial charge in [0.25, 0.3) is 5.56 Å². The molecule has 2 heterocycles. The van der Waals surface area contributed by atoms with Crippen LogP contribution < -0.4 is 5.56 Å². The van der Waals surface area contributed by atoms with E-state index in [0.717, 1.165) is 22.8 Å². The molecule has 0 unspecified atom stereocenters. The van der Waals surface area contributed by atoms with Crippen LogP contribution in [-0.4, -0.2) is 19.7 Å². The monoisotopic (exact) mass is 396 g/mol. The van der Waals surface area contributed by atoms with Gasteiger partial charge in [-0.05, 0) is 28.8 Å². The van der Waals surface area contributed by atoms with Gasteiger partial charge in [-0.2, -0.15) is 13.2 Å². The van der Waals surface area contributed by atoms with E-state index in [1.807, 2.05) is 37.4 Å². The van der Waals surface area contributed by atoms with Gasteiger partial charge in [-0.1, -0.05) is 42.5 Å². The van der Waals surface area contributed by atoms with Crippen LogP contribution in [0, 0.1) is 0 Å². The zero-order chi connectivity index (χ0) is 20.6. The molecule has 4 aromatic rings. The van der Waals surface area contributed by atoms with Gasteiger partial charge in [-0.15, -0.1) is 10.2 Å². The molecule has 0 aliphatic rings. The summed E-state index contributed by atoms with van der Waals surface area (Å²) in [4.78, 5) is 14.4. The Balaban J connectivity index is 1.86. The van der Waals surface area contributed by atoms with Gasteiger partial charge in [0.15, 0.2) is 5.82 Å². The zero-order valence-corrected chi connectivity index (χ0v) is 15.2. The first-order valence-electron chi connectivity index (χ1n) is 8.69. The minimum atomic E-state index is -4.55.